The topological polar surface area (TPSA) is 65.3 Å². The van der Waals surface area contributed by atoms with Crippen LogP contribution in [0, 0.1) is 6.92 Å². The van der Waals surface area contributed by atoms with Crippen molar-refractivity contribution in [1.82, 2.24) is 9.47 Å². The van der Waals surface area contributed by atoms with Crippen molar-refractivity contribution in [1.29, 1.82) is 0 Å². The van der Waals surface area contributed by atoms with Crippen LogP contribution >= 0.6 is 0 Å². The van der Waals surface area contributed by atoms with E-state index >= 15 is 0 Å². The van der Waals surface area contributed by atoms with Gasteiger partial charge in [-0.2, -0.15) is 0 Å². The van der Waals surface area contributed by atoms with Gasteiger partial charge in [0, 0.05) is 43.9 Å². The monoisotopic (exact) mass is 558 g/mol. The second kappa shape index (κ2) is 13.0. The number of aliphatic hydroxyl groups is 1. The normalized spacial score (nSPS) is 15.8. The molecule has 7 nitrogen and oxygen atoms in total. The molecule has 41 heavy (non-hydrogen) atoms. The van der Waals surface area contributed by atoms with Gasteiger partial charge in [-0.3, -0.25) is 4.90 Å². The maximum absolute atomic E-state index is 10.2. The Morgan fingerprint density at radius 2 is 1.76 bits per heavy atom. The first-order valence-electron chi connectivity index (χ1n) is 14.4. The highest BCUT2D eigenvalue weighted by Crippen LogP contribution is 2.45. The highest BCUT2D eigenvalue weighted by molar-refractivity contribution is 5.87. The van der Waals surface area contributed by atoms with Crippen LogP contribution in [0.15, 0.2) is 54.6 Å². The van der Waals surface area contributed by atoms with Crippen molar-refractivity contribution in [3.05, 3.63) is 88.1 Å². The van der Waals surface area contributed by atoms with Crippen molar-refractivity contribution in [2.75, 3.05) is 34.5 Å². The van der Waals surface area contributed by atoms with E-state index in [-0.39, 0.29) is 12.8 Å². The summed E-state index contributed by atoms with van der Waals surface area (Å²) in [4.78, 5) is 2.53. The Hall–Kier alpha value is -3.52. The second-order valence-corrected chi connectivity index (χ2v) is 10.8. The fourth-order valence-corrected chi connectivity index (χ4v) is 6.05. The van der Waals surface area contributed by atoms with Crippen molar-refractivity contribution < 1.29 is 24.1 Å². The maximum atomic E-state index is 10.2. The van der Waals surface area contributed by atoms with Crippen LogP contribution in [0.4, 0.5) is 0 Å². The van der Waals surface area contributed by atoms with Gasteiger partial charge in [0.1, 0.15) is 19.1 Å². The lowest BCUT2D eigenvalue weighted by Crippen LogP contribution is -2.39. The van der Waals surface area contributed by atoms with Crippen LogP contribution in [-0.4, -0.2) is 49.1 Å². The van der Waals surface area contributed by atoms with Gasteiger partial charge in [0.05, 0.1) is 19.7 Å². The zero-order valence-corrected chi connectivity index (χ0v) is 24.9. The molecule has 0 saturated heterocycles. The third-order valence-electron chi connectivity index (χ3n) is 8.20. The number of nitrogens with zero attached hydrogens (tertiary/aromatic N) is 2. The molecule has 1 unspecified atom stereocenters. The number of aromatic nitrogens is 1. The van der Waals surface area contributed by atoms with E-state index in [9.17, 15) is 5.11 Å². The number of fused-ring (bicyclic) bond motifs is 6. The molecule has 0 aliphatic carbocycles. The zero-order valence-electron chi connectivity index (χ0n) is 24.9. The van der Waals surface area contributed by atoms with E-state index in [2.05, 4.69) is 67.3 Å². The van der Waals surface area contributed by atoms with Gasteiger partial charge < -0.3 is 28.6 Å². The minimum Gasteiger partial charge on any atom is -0.497 e. The quantitative estimate of drug-likeness (QED) is 0.278. The van der Waals surface area contributed by atoms with E-state index in [0.717, 1.165) is 72.7 Å². The van der Waals surface area contributed by atoms with Gasteiger partial charge >= 0.3 is 0 Å². The van der Waals surface area contributed by atoms with E-state index in [1.807, 2.05) is 10.6 Å². The lowest BCUT2D eigenvalue weighted by molar-refractivity contribution is 0.145. The molecule has 6 rings (SSSR count). The fourth-order valence-electron chi connectivity index (χ4n) is 6.05. The minimum atomic E-state index is -0.0250. The van der Waals surface area contributed by atoms with Gasteiger partial charge in [0.2, 0.25) is 0 Å². The molecule has 2 aliphatic rings. The Kier molecular flexibility index (Phi) is 9.18. The zero-order chi connectivity index (χ0) is 28.9. The van der Waals surface area contributed by atoms with Gasteiger partial charge in [-0.1, -0.05) is 36.8 Å². The number of methoxy groups -OCH3 is 3. The Balaban J connectivity index is 0.000000623. The van der Waals surface area contributed by atoms with E-state index in [4.69, 9.17) is 18.9 Å². The number of hydrogen-bond donors (Lipinski definition) is 1. The van der Waals surface area contributed by atoms with Gasteiger partial charge in [-0.05, 0) is 78.8 Å². The molecule has 0 radical (unpaired) electrons. The third kappa shape index (κ3) is 5.94. The van der Waals surface area contributed by atoms with Crippen molar-refractivity contribution in [3.63, 3.8) is 0 Å². The molecular weight excluding hydrogens is 516 g/mol. The molecule has 218 valence electrons. The van der Waals surface area contributed by atoms with Crippen LogP contribution in [-0.2, 0) is 37.5 Å². The predicted molar refractivity (Wildman–Crippen MR) is 162 cm³/mol. The summed E-state index contributed by atoms with van der Waals surface area (Å²) in [5.41, 5.74) is 8.56. The first kappa shape index (κ1) is 29.0. The van der Waals surface area contributed by atoms with Crippen molar-refractivity contribution in [2.45, 2.75) is 59.0 Å². The number of aliphatic hydroxyl groups excluding tert-OH is 1. The summed E-state index contributed by atoms with van der Waals surface area (Å²) in [6, 6.07) is 19.2. The number of aryl methyl sites for hydroxylation is 1. The molecule has 0 spiro atoms. The summed E-state index contributed by atoms with van der Waals surface area (Å²) in [5.74, 6) is 2.40. The Morgan fingerprint density at radius 3 is 2.41 bits per heavy atom. The van der Waals surface area contributed by atoms with Crippen LogP contribution in [0.3, 0.4) is 0 Å². The molecule has 3 aromatic carbocycles. The number of ether oxygens (including phenoxy) is 4. The average Bonchev–Trinajstić information content (AvgIpc) is 3.31. The molecule has 1 N–H and O–H groups in total. The van der Waals surface area contributed by atoms with E-state index < -0.39 is 0 Å². The molecule has 2 aliphatic heterocycles. The fraction of sp³-hybridized carbons (Fsp3) is 0.412. The van der Waals surface area contributed by atoms with Crippen molar-refractivity contribution >= 4 is 10.9 Å². The lowest BCUT2D eigenvalue weighted by Gasteiger charge is -2.41. The van der Waals surface area contributed by atoms with Crippen LogP contribution in [0.1, 0.15) is 52.9 Å². The summed E-state index contributed by atoms with van der Waals surface area (Å²) in [5, 5.41) is 11.4. The third-order valence-corrected chi connectivity index (χ3v) is 8.20. The Bertz CT molecular complexity index is 1480. The van der Waals surface area contributed by atoms with E-state index in [0.29, 0.717) is 6.61 Å². The molecule has 0 amide bonds. The van der Waals surface area contributed by atoms with Gasteiger partial charge in [-0.25, -0.2) is 0 Å². The smallest absolute Gasteiger partial charge is 0.161 e. The first-order chi connectivity index (χ1) is 20.0. The molecule has 0 fully saturated rings. The standard InChI is InChI=1S/C30H32N2O4.C4H10O/c1-19-4-6-20(7-5-19)17-36-30-12-21-10-11-31-16-28-25(14-27(31)23(21)15-29(30)35-3)24-13-22(34-2)8-9-26(24)32(28)18-33;1-3-4-5-2/h4-9,12-13,15,27,33H,10-11,14,16-18H2,1-3H3;3-4H2,1-2H3. The van der Waals surface area contributed by atoms with Crippen LogP contribution in [0.25, 0.3) is 10.9 Å². The molecule has 0 bridgehead atoms. The predicted octanol–water partition coefficient (Wildman–Crippen LogP) is 6.19. The van der Waals surface area contributed by atoms with Gasteiger partial charge in [0.15, 0.2) is 11.5 Å². The molecule has 1 aromatic heterocycles. The largest absolute Gasteiger partial charge is 0.497 e. The maximum Gasteiger partial charge on any atom is 0.161 e. The SMILES string of the molecule is CCCOC.COc1ccc2c(c1)c1c(n2CO)CN2CCc3cc(OCc4ccc(C)cc4)c(OC)cc3C2C1. The molecule has 0 saturated carbocycles. The van der Waals surface area contributed by atoms with Gasteiger partial charge in [0.25, 0.3) is 0 Å². The second-order valence-electron chi connectivity index (χ2n) is 10.8. The summed E-state index contributed by atoms with van der Waals surface area (Å²) in [7, 11) is 5.12. The first-order valence-corrected chi connectivity index (χ1v) is 14.4. The lowest BCUT2D eigenvalue weighted by atomic mass is 9.85. The number of hydrogen-bond acceptors (Lipinski definition) is 6. The number of benzene rings is 3. The van der Waals surface area contributed by atoms with Crippen molar-refractivity contribution in [2.24, 2.45) is 0 Å². The highest BCUT2D eigenvalue weighted by atomic mass is 16.5. The number of rotatable bonds is 8. The minimum absolute atomic E-state index is 0.0250. The highest BCUT2D eigenvalue weighted by Gasteiger charge is 2.36. The van der Waals surface area contributed by atoms with Crippen molar-refractivity contribution in [3.8, 4) is 17.2 Å². The summed E-state index contributed by atoms with van der Waals surface area (Å²) >= 11 is 0. The molecule has 7 heteroatoms. The van der Waals surface area contributed by atoms with Gasteiger partial charge in [-0.15, -0.1) is 0 Å². The molecule has 3 heterocycles. The van der Waals surface area contributed by atoms with Crippen LogP contribution in [0.5, 0.6) is 17.2 Å². The Labute approximate surface area is 243 Å². The summed E-state index contributed by atoms with van der Waals surface area (Å²) < 4.78 is 24.3. The Morgan fingerprint density at radius 1 is 0.951 bits per heavy atom. The van der Waals surface area contributed by atoms with E-state index in [1.165, 1.54) is 27.9 Å². The molecule has 4 aromatic rings. The summed E-state index contributed by atoms with van der Waals surface area (Å²) in [6.45, 7) is 7.33. The van der Waals surface area contributed by atoms with E-state index in [1.54, 1.807) is 21.3 Å². The summed E-state index contributed by atoms with van der Waals surface area (Å²) in [6.07, 6.45) is 2.96. The van der Waals surface area contributed by atoms with Crippen LogP contribution < -0.4 is 14.2 Å². The molecular formula is C34H42N2O5. The molecule has 1 atom stereocenters. The average molecular weight is 559 g/mol. The van der Waals surface area contributed by atoms with Crippen LogP contribution in [0.2, 0.25) is 0 Å².